The second-order valence-electron chi connectivity index (χ2n) is 9.43. The first-order chi connectivity index (χ1) is 13.1. The summed E-state index contributed by atoms with van der Waals surface area (Å²) in [4.78, 5) is 0. The van der Waals surface area contributed by atoms with Gasteiger partial charge >= 0.3 is 0 Å². The van der Waals surface area contributed by atoms with E-state index in [1.807, 2.05) is 0 Å². The van der Waals surface area contributed by atoms with Crippen molar-refractivity contribution in [3.8, 4) is 11.1 Å². The number of benzene rings is 2. The molecular weight excluding hydrogens is 360 g/mol. The van der Waals surface area contributed by atoms with Crippen molar-refractivity contribution in [3.05, 3.63) is 59.7 Å². The van der Waals surface area contributed by atoms with Gasteiger partial charge in [-0.3, -0.25) is 0 Å². The molecule has 0 bridgehead atoms. The molecule has 1 N–H and O–H groups in total. The Kier molecular flexibility index (Phi) is 8.05. The standard InChI is InChI=1S/C25H38O2Si/c1-20-11-13-21(14-12-20)22-15-17-23(18-16-22)24(10-8-7-9-19-26)27-28(5,6)25(2,3)4/h11-18,24,26H,7-10,19H2,1-6H3. The molecule has 0 saturated carbocycles. The van der Waals surface area contributed by atoms with E-state index >= 15 is 0 Å². The smallest absolute Gasteiger partial charge is 0.192 e. The zero-order valence-electron chi connectivity index (χ0n) is 18.6. The van der Waals surface area contributed by atoms with Gasteiger partial charge in [-0.2, -0.15) is 0 Å². The van der Waals surface area contributed by atoms with Crippen molar-refractivity contribution in [3.63, 3.8) is 0 Å². The highest BCUT2D eigenvalue weighted by molar-refractivity contribution is 6.74. The molecule has 0 aliphatic rings. The van der Waals surface area contributed by atoms with Crippen LogP contribution in [0.1, 0.15) is 63.7 Å². The third-order valence-corrected chi connectivity index (χ3v) is 10.5. The van der Waals surface area contributed by atoms with Gasteiger partial charge in [0.1, 0.15) is 0 Å². The van der Waals surface area contributed by atoms with Crippen LogP contribution in [0.4, 0.5) is 0 Å². The van der Waals surface area contributed by atoms with E-state index < -0.39 is 8.32 Å². The number of aliphatic hydroxyl groups excluding tert-OH is 1. The molecule has 154 valence electrons. The van der Waals surface area contributed by atoms with Gasteiger partial charge in [0.05, 0.1) is 6.10 Å². The molecule has 0 heterocycles. The highest BCUT2D eigenvalue weighted by atomic mass is 28.4. The minimum atomic E-state index is -1.85. The summed E-state index contributed by atoms with van der Waals surface area (Å²) in [6.07, 6.45) is 4.15. The van der Waals surface area contributed by atoms with Crippen LogP contribution < -0.4 is 0 Å². The van der Waals surface area contributed by atoms with Gasteiger partial charge in [0.15, 0.2) is 8.32 Å². The SMILES string of the molecule is Cc1ccc(-c2ccc(C(CCCCCO)O[Si](C)(C)C(C)(C)C)cc2)cc1. The van der Waals surface area contributed by atoms with Gasteiger partial charge in [0.2, 0.25) is 0 Å². The zero-order valence-corrected chi connectivity index (χ0v) is 19.6. The molecule has 0 aliphatic carbocycles. The molecule has 0 fully saturated rings. The summed E-state index contributed by atoms with van der Waals surface area (Å²) >= 11 is 0. The molecule has 2 aromatic rings. The van der Waals surface area contributed by atoms with Crippen molar-refractivity contribution >= 4 is 8.32 Å². The first kappa shape index (κ1) is 22.9. The summed E-state index contributed by atoms with van der Waals surface area (Å²) in [5.74, 6) is 0. The van der Waals surface area contributed by atoms with E-state index in [1.54, 1.807) is 0 Å². The molecule has 0 saturated heterocycles. The maximum atomic E-state index is 9.07. The number of aryl methyl sites for hydroxylation is 1. The Bertz CT molecular complexity index is 712. The lowest BCUT2D eigenvalue weighted by molar-refractivity contribution is 0.168. The normalized spacial score (nSPS) is 13.5. The Labute approximate surface area is 173 Å². The molecule has 3 heteroatoms. The number of rotatable bonds is 9. The Balaban J connectivity index is 2.20. The fraction of sp³-hybridized carbons (Fsp3) is 0.520. The average molecular weight is 399 g/mol. The number of aliphatic hydroxyl groups is 1. The van der Waals surface area contributed by atoms with Crippen LogP contribution in [0.5, 0.6) is 0 Å². The average Bonchev–Trinajstić information content (AvgIpc) is 2.64. The molecule has 1 unspecified atom stereocenters. The molecule has 0 radical (unpaired) electrons. The summed E-state index contributed by atoms with van der Waals surface area (Å²) in [5.41, 5.74) is 5.05. The predicted molar refractivity (Wildman–Crippen MR) is 123 cm³/mol. The summed E-state index contributed by atoms with van der Waals surface area (Å²) in [5, 5.41) is 9.27. The molecule has 0 amide bonds. The Morgan fingerprint density at radius 2 is 1.39 bits per heavy atom. The summed E-state index contributed by atoms with van der Waals surface area (Å²) in [6, 6.07) is 17.6. The second-order valence-corrected chi connectivity index (χ2v) is 14.2. The van der Waals surface area contributed by atoms with Gasteiger partial charge in [0.25, 0.3) is 0 Å². The molecule has 2 aromatic carbocycles. The van der Waals surface area contributed by atoms with Crippen LogP contribution in [0.25, 0.3) is 11.1 Å². The van der Waals surface area contributed by atoms with Crippen molar-refractivity contribution in [2.45, 2.75) is 77.6 Å². The molecule has 28 heavy (non-hydrogen) atoms. The van der Waals surface area contributed by atoms with E-state index in [-0.39, 0.29) is 17.7 Å². The lowest BCUT2D eigenvalue weighted by Gasteiger charge is -2.39. The van der Waals surface area contributed by atoms with Crippen molar-refractivity contribution in [1.82, 2.24) is 0 Å². The quantitative estimate of drug-likeness (QED) is 0.355. The van der Waals surface area contributed by atoms with Crippen molar-refractivity contribution in [2.75, 3.05) is 6.61 Å². The van der Waals surface area contributed by atoms with Crippen LogP contribution in [-0.4, -0.2) is 20.0 Å². The highest BCUT2D eigenvalue weighted by Crippen LogP contribution is 2.41. The Morgan fingerprint density at radius 3 is 1.89 bits per heavy atom. The molecule has 2 nitrogen and oxygen atoms in total. The van der Waals surface area contributed by atoms with E-state index in [0.717, 1.165) is 25.7 Å². The van der Waals surface area contributed by atoms with Gasteiger partial charge < -0.3 is 9.53 Å². The largest absolute Gasteiger partial charge is 0.410 e. The highest BCUT2D eigenvalue weighted by Gasteiger charge is 2.39. The topological polar surface area (TPSA) is 29.5 Å². The van der Waals surface area contributed by atoms with Gasteiger partial charge in [0, 0.05) is 6.61 Å². The maximum Gasteiger partial charge on any atom is 0.192 e. The van der Waals surface area contributed by atoms with Gasteiger partial charge in [-0.15, -0.1) is 0 Å². The summed E-state index contributed by atoms with van der Waals surface area (Å²) < 4.78 is 6.81. The molecule has 0 spiro atoms. The fourth-order valence-electron chi connectivity index (χ4n) is 3.08. The van der Waals surface area contributed by atoms with Gasteiger partial charge in [-0.1, -0.05) is 87.7 Å². The second kappa shape index (κ2) is 9.86. The van der Waals surface area contributed by atoms with Crippen LogP contribution in [0.2, 0.25) is 18.1 Å². The lowest BCUT2D eigenvalue weighted by atomic mass is 9.99. The van der Waals surface area contributed by atoms with E-state index in [0.29, 0.717) is 0 Å². The van der Waals surface area contributed by atoms with Crippen LogP contribution in [-0.2, 0) is 4.43 Å². The number of hydrogen-bond donors (Lipinski definition) is 1. The number of unbranched alkanes of at least 4 members (excludes halogenated alkanes) is 2. The maximum absolute atomic E-state index is 9.07. The first-order valence-electron chi connectivity index (χ1n) is 10.6. The number of hydrogen-bond acceptors (Lipinski definition) is 2. The van der Waals surface area contributed by atoms with Crippen LogP contribution >= 0.6 is 0 Å². The molecular formula is C25H38O2Si. The fourth-order valence-corrected chi connectivity index (χ4v) is 4.40. The van der Waals surface area contributed by atoms with Gasteiger partial charge in [-0.25, -0.2) is 0 Å². The monoisotopic (exact) mass is 398 g/mol. The summed E-state index contributed by atoms with van der Waals surface area (Å²) in [6.45, 7) is 13.9. The summed E-state index contributed by atoms with van der Waals surface area (Å²) in [7, 11) is -1.85. The van der Waals surface area contributed by atoms with Crippen molar-refractivity contribution in [2.24, 2.45) is 0 Å². The minimum absolute atomic E-state index is 0.131. The Hall–Kier alpha value is -1.42. The lowest BCUT2D eigenvalue weighted by Crippen LogP contribution is -2.41. The third kappa shape index (κ3) is 6.30. The van der Waals surface area contributed by atoms with E-state index in [1.165, 1.54) is 22.3 Å². The van der Waals surface area contributed by atoms with Crippen molar-refractivity contribution in [1.29, 1.82) is 0 Å². The molecule has 1 atom stereocenters. The van der Waals surface area contributed by atoms with Crippen LogP contribution in [0.15, 0.2) is 48.5 Å². The first-order valence-corrected chi connectivity index (χ1v) is 13.5. The molecule has 0 aliphatic heterocycles. The van der Waals surface area contributed by atoms with Crippen molar-refractivity contribution < 1.29 is 9.53 Å². The van der Waals surface area contributed by atoms with E-state index in [4.69, 9.17) is 9.53 Å². The van der Waals surface area contributed by atoms with E-state index in [2.05, 4.69) is 89.3 Å². The van der Waals surface area contributed by atoms with Crippen LogP contribution in [0, 0.1) is 6.92 Å². The van der Waals surface area contributed by atoms with Gasteiger partial charge in [-0.05, 0) is 54.6 Å². The van der Waals surface area contributed by atoms with E-state index in [9.17, 15) is 0 Å². The zero-order chi connectivity index (χ0) is 20.8. The minimum Gasteiger partial charge on any atom is -0.410 e. The predicted octanol–water partition coefficient (Wildman–Crippen LogP) is 7.28. The van der Waals surface area contributed by atoms with Crippen LogP contribution in [0.3, 0.4) is 0 Å². The molecule has 2 rings (SSSR count). The Morgan fingerprint density at radius 1 is 0.857 bits per heavy atom. The third-order valence-electron chi connectivity index (χ3n) is 6.03. The molecule has 0 aromatic heterocycles.